The van der Waals surface area contributed by atoms with Gasteiger partial charge in [0.15, 0.2) is 0 Å². The number of hydrogen-bond donors (Lipinski definition) is 1. The van der Waals surface area contributed by atoms with Crippen LogP contribution in [0.5, 0.6) is 0 Å². The fourth-order valence-corrected chi connectivity index (χ4v) is 3.04. The summed E-state index contributed by atoms with van der Waals surface area (Å²) in [5.74, 6) is 0. The van der Waals surface area contributed by atoms with Crippen LogP contribution in [0.25, 0.3) is 0 Å². The molecule has 0 saturated carbocycles. The summed E-state index contributed by atoms with van der Waals surface area (Å²) in [7, 11) is 2.13. The zero-order valence-corrected chi connectivity index (χ0v) is 11.5. The van der Waals surface area contributed by atoms with Crippen molar-refractivity contribution >= 4 is 16.5 Å². The van der Waals surface area contributed by atoms with Gasteiger partial charge in [0.05, 0.1) is 12.6 Å². The first-order valence-electron chi connectivity index (χ1n) is 6.08. The highest BCUT2D eigenvalue weighted by molar-refractivity contribution is 7.15. The third-order valence-corrected chi connectivity index (χ3v) is 3.95. The van der Waals surface area contributed by atoms with Crippen LogP contribution in [0.4, 0.5) is 5.13 Å². The maximum absolute atomic E-state index is 5.58. The maximum atomic E-state index is 5.58. The molecule has 1 aliphatic rings. The van der Waals surface area contributed by atoms with Crippen molar-refractivity contribution in [1.29, 1.82) is 0 Å². The van der Waals surface area contributed by atoms with Gasteiger partial charge in [0, 0.05) is 19.2 Å². The van der Waals surface area contributed by atoms with E-state index in [1.54, 1.807) is 11.3 Å². The lowest BCUT2D eigenvalue weighted by Gasteiger charge is -2.25. The molecule has 1 aromatic heterocycles. The van der Waals surface area contributed by atoms with Crippen LogP contribution < -0.4 is 5.32 Å². The Morgan fingerprint density at radius 3 is 3.00 bits per heavy atom. The minimum absolute atomic E-state index is 0.321. The van der Waals surface area contributed by atoms with E-state index in [-0.39, 0.29) is 0 Å². The standard InChI is InChI=1S/C11H20N4OS/c1-4-12-11-14-13-10(17-11)7-15(3)9-5-6-16-8(9)2/h8-9H,4-7H2,1-3H3,(H,12,14). The van der Waals surface area contributed by atoms with Crippen molar-refractivity contribution in [3.05, 3.63) is 5.01 Å². The molecule has 0 aromatic carbocycles. The van der Waals surface area contributed by atoms with Gasteiger partial charge in [0.25, 0.3) is 0 Å². The van der Waals surface area contributed by atoms with E-state index < -0.39 is 0 Å². The fraction of sp³-hybridized carbons (Fsp3) is 0.818. The van der Waals surface area contributed by atoms with Gasteiger partial charge in [-0.2, -0.15) is 0 Å². The molecule has 1 fully saturated rings. The summed E-state index contributed by atoms with van der Waals surface area (Å²) in [6, 6.07) is 0.501. The third kappa shape index (κ3) is 3.14. The Labute approximate surface area is 106 Å². The molecule has 1 aromatic rings. The van der Waals surface area contributed by atoms with E-state index in [4.69, 9.17) is 4.74 Å². The SMILES string of the molecule is CCNc1nnc(CN(C)C2CCOC2C)s1. The second kappa shape index (κ2) is 5.75. The molecule has 5 nitrogen and oxygen atoms in total. The van der Waals surface area contributed by atoms with Crippen molar-refractivity contribution in [3.63, 3.8) is 0 Å². The second-order valence-electron chi connectivity index (χ2n) is 4.38. The molecule has 6 heteroatoms. The summed E-state index contributed by atoms with van der Waals surface area (Å²) in [5.41, 5.74) is 0. The Kier molecular flexibility index (Phi) is 4.31. The lowest BCUT2D eigenvalue weighted by Crippen LogP contribution is -2.36. The molecule has 0 aliphatic carbocycles. The normalized spacial score (nSPS) is 24.5. The smallest absolute Gasteiger partial charge is 0.205 e. The molecule has 0 radical (unpaired) electrons. The van der Waals surface area contributed by atoms with Crippen LogP contribution in [-0.4, -0.2) is 47.4 Å². The van der Waals surface area contributed by atoms with Gasteiger partial charge in [-0.25, -0.2) is 0 Å². The number of likely N-dealkylation sites (N-methyl/N-ethyl adjacent to an activating group) is 1. The molecule has 1 saturated heterocycles. The summed E-state index contributed by atoms with van der Waals surface area (Å²) in [6.45, 7) is 6.80. The zero-order chi connectivity index (χ0) is 12.3. The average molecular weight is 256 g/mol. The number of hydrogen-bond acceptors (Lipinski definition) is 6. The summed E-state index contributed by atoms with van der Waals surface area (Å²) in [4.78, 5) is 2.31. The Morgan fingerprint density at radius 2 is 2.35 bits per heavy atom. The van der Waals surface area contributed by atoms with E-state index in [0.29, 0.717) is 12.1 Å². The van der Waals surface area contributed by atoms with Crippen molar-refractivity contribution in [3.8, 4) is 0 Å². The summed E-state index contributed by atoms with van der Waals surface area (Å²) >= 11 is 1.63. The van der Waals surface area contributed by atoms with E-state index in [9.17, 15) is 0 Å². The quantitative estimate of drug-likeness (QED) is 0.867. The first kappa shape index (κ1) is 12.7. The van der Waals surface area contributed by atoms with Crippen LogP contribution in [0.15, 0.2) is 0 Å². The molecular weight excluding hydrogens is 236 g/mol. The van der Waals surface area contributed by atoms with Crippen LogP contribution in [-0.2, 0) is 11.3 Å². The Morgan fingerprint density at radius 1 is 1.53 bits per heavy atom. The molecule has 0 spiro atoms. The molecule has 1 aliphatic heterocycles. The van der Waals surface area contributed by atoms with Gasteiger partial charge in [-0.3, -0.25) is 4.90 Å². The topological polar surface area (TPSA) is 50.3 Å². The van der Waals surface area contributed by atoms with E-state index in [0.717, 1.165) is 36.3 Å². The van der Waals surface area contributed by atoms with Crippen molar-refractivity contribution in [2.24, 2.45) is 0 Å². The van der Waals surface area contributed by atoms with Gasteiger partial charge in [0.1, 0.15) is 5.01 Å². The van der Waals surface area contributed by atoms with Crippen LogP contribution in [0.2, 0.25) is 0 Å². The summed E-state index contributed by atoms with van der Waals surface area (Å²) in [6.07, 6.45) is 1.43. The average Bonchev–Trinajstić information content (AvgIpc) is 2.88. The number of ether oxygens (including phenoxy) is 1. The first-order valence-corrected chi connectivity index (χ1v) is 6.90. The number of anilines is 1. The van der Waals surface area contributed by atoms with Crippen molar-refractivity contribution < 1.29 is 4.74 Å². The molecule has 0 bridgehead atoms. The van der Waals surface area contributed by atoms with E-state index in [1.165, 1.54) is 0 Å². The van der Waals surface area contributed by atoms with Crippen LogP contribution in [0.3, 0.4) is 0 Å². The zero-order valence-electron chi connectivity index (χ0n) is 10.6. The Balaban J connectivity index is 1.90. The van der Waals surface area contributed by atoms with Crippen molar-refractivity contribution in [1.82, 2.24) is 15.1 Å². The number of aromatic nitrogens is 2. The lowest BCUT2D eigenvalue weighted by molar-refractivity contribution is 0.0813. The predicted molar refractivity (Wildman–Crippen MR) is 69.4 cm³/mol. The monoisotopic (exact) mass is 256 g/mol. The molecule has 2 heterocycles. The highest BCUT2D eigenvalue weighted by Gasteiger charge is 2.28. The van der Waals surface area contributed by atoms with E-state index >= 15 is 0 Å². The highest BCUT2D eigenvalue weighted by atomic mass is 32.1. The Bertz CT molecular complexity index is 357. The molecule has 0 amide bonds. The summed E-state index contributed by atoms with van der Waals surface area (Å²) < 4.78 is 5.58. The fourth-order valence-electron chi connectivity index (χ4n) is 2.17. The van der Waals surface area contributed by atoms with Gasteiger partial charge < -0.3 is 10.1 Å². The van der Waals surface area contributed by atoms with Gasteiger partial charge in [-0.05, 0) is 27.3 Å². The first-order chi connectivity index (χ1) is 8.20. The van der Waals surface area contributed by atoms with Crippen molar-refractivity contribution in [2.45, 2.75) is 39.0 Å². The van der Waals surface area contributed by atoms with E-state index in [2.05, 4.69) is 41.3 Å². The number of nitrogens with zero attached hydrogens (tertiary/aromatic N) is 3. The number of nitrogens with one attached hydrogen (secondary N) is 1. The van der Waals surface area contributed by atoms with Gasteiger partial charge >= 0.3 is 0 Å². The van der Waals surface area contributed by atoms with Crippen molar-refractivity contribution in [2.75, 3.05) is 25.5 Å². The van der Waals surface area contributed by atoms with Gasteiger partial charge in [-0.1, -0.05) is 11.3 Å². The minimum atomic E-state index is 0.321. The minimum Gasteiger partial charge on any atom is -0.377 e. The maximum Gasteiger partial charge on any atom is 0.205 e. The lowest BCUT2D eigenvalue weighted by atomic mass is 10.1. The largest absolute Gasteiger partial charge is 0.377 e. The number of rotatable bonds is 5. The summed E-state index contributed by atoms with van der Waals surface area (Å²) in [5, 5.41) is 13.4. The molecule has 2 rings (SSSR count). The predicted octanol–water partition coefficient (Wildman–Crippen LogP) is 1.58. The molecule has 2 unspecified atom stereocenters. The molecule has 17 heavy (non-hydrogen) atoms. The van der Waals surface area contributed by atoms with Gasteiger partial charge in [0.2, 0.25) is 5.13 Å². The molecule has 2 atom stereocenters. The van der Waals surface area contributed by atoms with Crippen LogP contribution in [0.1, 0.15) is 25.3 Å². The van der Waals surface area contributed by atoms with Crippen LogP contribution >= 0.6 is 11.3 Å². The Hall–Kier alpha value is -0.720. The molecule has 96 valence electrons. The highest BCUT2D eigenvalue weighted by Crippen LogP contribution is 2.22. The second-order valence-corrected chi connectivity index (χ2v) is 5.44. The van der Waals surface area contributed by atoms with Crippen LogP contribution in [0, 0.1) is 0 Å². The van der Waals surface area contributed by atoms with Gasteiger partial charge in [-0.15, -0.1) is 10.2 Å². The third-order valence-electron chi connectivity index (χ3n) is 3.08. The van der Waals surface area contributed by atoms with E-state index in [1.807, 2.05) is 0 Å². The molecule has 1 N–H and O–H groups in total. The molecular formula is C11H20N4OS.